The minimum absolute atomic E-state index is 0.359. The first-order valence-electron chi connectivity index (χ1n) is 10.3. The monoisotopic (exact) mass is 425 g/mol. The first-order chi connectivity index (χ1) is 14.9. The number of likely N-dealkylation sites (tertiary alicyclic amines) is 1. The summed E-state index contributed by atoms with van der Waals surface area (Å²) in [6, 6.07) is 13.1. The van der Waals surface area contributed by atoms with Crippen molar-refractivity contribution in [1.82, 2.24) is 4.90 Å². The Hall–Kier alpha value is -3.19. The number of amides is 1. The second kappa shape index (κ2) is 9.75. The van der Waals surface area contributed by atoms with Crippen LogP contribution in [-0.2, 0) is 9.59 Å². The lowest BCUT2D eigenvalue weighted by molar-refractivity contribution is -0.858. The minimum Gasteiger partial charge on any atom is -0.497 e. The molecule has 2 unspecified atom stereocenters. The number of Topliss-reactive ketones (excluding diaryl/α,β-unsaturated/α-hetero) is 2. The summed E-state index contributed by atoms with van der Waals surface area (Å²) in [7, 11) is 7.13. The quantitative estimate of drug-likeness (QED) is 0.371. The van der Waals surface area contributed by atoms with Crippen LogP contribution in [-0.4, -0.2) is 63.8 Å². The number of nitrogens with one attached hydrogen (secondary N) is 1. The van der Waals surface area contributed by atoms with Crippen molar-refractivity contribution in [3.8, 4) is 11.5 Å². The van der Waals surface area contributed by atoms with Crippen LogP contribution in [0, 0.1) is 5.92 Å². The number of methoxy groups -OCH3 is 2. The van der Waals surface area contributed by atoms with Crippen molar-refractivity contribution in [2.75, 3.05) is 41.4 Å². The highest BCUT2D eigenvalue weighted by atomic mass is 16.5. The average molecular weight is 426 g/mol. The highest BCUT2D eigenvalue weighted by Crippen LogP contribution is 2.42. The lowest BCUT2D eigenvalue weighted by Crippen LogP contribution is -3.05. The number of hydrogen-bond donors (Lipinski definition) is 1. The van der Waals surface area contributed by atoms with Gasteiger partial charge in [-0.25, -0.2) is 0 Å². The van der Waals surface area contributed by atoms with Gasteiger partial charge in [0.15, 0.2) is 5.78 Å². The van der Waals surface area contributed by atoms with E-state index in [1.54, 1.807) is 55.6 Å². The van der Waals surface area contributed by atoms with Crippen LogP contribution in [0.3, 0.4) is 0 Å². The molecule has 7 heteroatoms. The van der Waals surface area contributed by atoms with Crippen LogP contribution in [0.1, 0.15) is 28.4 Å². The fourth-order valence-corrected chi connectivity index (χ4v) is 4.02. The zero-order valence-corrected chi connectivity index (χ0v) is 18.4. The Morgan fingerprint density at radius 2 is 1.74 bits per heavy atom. The highest BCUT2D eigenvalue weighted by Gasteiger charge is 2.52. The minimum atomic E-state index is -1.12. The number of nitrogens with zero attached hydrogens (tertiary/aromatic N) is 1. The molecular formula is C24H29N2O5+. The van der Waals surface area contributed by atoms with Crippen LogP contribution < -0.4 is 14.4 Å². The van der Waals surface area contributed by atoms with Crippen molar-refractivity contribution in [3.05, 3.63) is 59.7 Å². The largest absolute Gasteiger partial charge is 0.497 e. The summed E-state index contributed by atoms with van der Waals surface area (Å²) in [5, 5.41) is 0. The van der Waals surface area contributed by atoms with Crippen LogP contribution in [0.25, 0.3) is 0 Å². The Morgan fingerprint density at radius 1 is 1.03 bits per heavy atom. The predicted molar refractivity (Wildman–Crippen MR) is 116 cm³/mol. The maximum absolute atomic E-state index is 13.4. The summed E-state index contributed by atoms with van der Waals surface area (Å²) >= 11 is 0. The number of benzene rings is 2. The summed E-state index contributed by atoms with van der Waals surface area (Å²) in [5.41, 5.74) is 1.03. The Kier molecular flexibility index (Phi) is 7.07. The SMILES string of the molecule is COc1ccc(C2C(C(=O)c3ccccc3)C(=O)C(=O)N2CCC[NH+](C)C)c(OC)c1. The standard InChI is InChI=1S/C24H28N2O5/c1-25(2)13-8-14-26-21(18-12-11-17(30-3)15-19(18)31-4)20(23(28)24(26)29)22(27)16-9-6-5-7-10-16/h5-7,9-12,15,20-21H,8,13-14H2,1-4H3/p+1. The normalized spacial score (nSPS) is 18.5. The first-order valence-corrected chi connectivity index (χ1v) is 10.3. The summed E-state index contributed by atoms with van der Waals surface area (Å²) < 4.78 is 10.8. The van der Waals surface area contributed by atoms with E-state index < -0.39 is 23.7 Å². The van der Waals surface area contributed by atoms with E-state index in [-0.39, 0.29) is 5.78 Å². The van der Waals surface area contributed by atoms with Crippen LogP contribution in [0.2, 0.25) is 0 Å². The molecule has 1 fully saturated rings. The van der Waals surface area contributed by atoms with Gasteiger partial charge in [-0.05, 0) is 12.1 Å². The second-order valence-corrected chi connectivity index (χ2v) is 7.93. The molecule has 1 amide bonds. The number of ketones is 2. The molecule has 0 saturated carbocycles. The molecule has 0 bridgehead atoms. The molecule has 2 atom stereocenters. The third kappa shape index (κ3) is 4.61. The van der Waals surface area contributed by atoms with Crippen LogP contribution in [0.15, 0.2) is 48.5 Å². The molecule has 3 rings (SSSR count). The van der Waals surface area contributed by atoms with E-state index >= 15 is 0 Å². The zero-order chi connectivity index (χ0) is 22.5. The van der Waals surface area contributed by atoms with E-state index in [2.05, 4.69) is 0 Å². The smallest absolute Gasteiger partial charge is 0.291 e. The van der Waals surface area contributed by atoms with Gasteiger partial charge in [0.2, 0.25) is 5.78 Å². The number of rotatable bonds is 9. The maximum atomic E-state index is 13.4. The molecule has 0 spiro atoms. The van der Waals surface area contributed by atoms with Gasteiger partial charge < -0.3 is 19.3 Å². The number of quaternary nitrogens is 1. The van der Waals surface area contributed by atoms with E-state index in [1.807, 2.05) is 14.1 Å². The summed E-state index contributed by atoms with van der Waals surface area (Å²) in [6.07, 6.45) is 0.711. The summed E-state index contributed by atoms with van der Waals surface area (Å²) in [6.45, 7) is 1.22. The molecular weight excluding hydrogens is 396 g/mol. The average Bonchev–Trinajstić information content (AvgIpc) is 3.03. The van der Waals surface area contributed by atoms with Crippen molar-refractivity contribution in [2.45, 2.75) is 12.5 Å². The number of carbonyl (C=O) groups excluding carboxylic acids is 3. The fraction of sp³-hybridized carbons (Fsp3) is 0.375. The lowest BCUT2D eigenvalue weighted by Gasteiger charge is -2.28. The van der Waals surface area contributed by atoms with Crippen molar-refractivity contribution >= 4 is 17.5 Å². The molecule has 1 aliphatic heterocycles. The van der Waals surface area contributed by atoms with E-state index in [4.69, 9.17) is 9.47 Å². The third-order valence-corrected chi connectivity index (χ3v) is 5.58. The second-order valence-electron chi connectivity index (χ2n) is 7.93. The van der Waals surface area contributed by atoms with Gasteiger partial charge in [0, 0.05) is 30.2 Å². The van der Waals surface area contributed by atoms with Gasteiger partial charge in [-0.15, -0.1) is 0 Å². The predicted octanol–water partition coefficient (Wildman–Crippen LogP) is 1.19. The Labute approximate surface area is 182 Å². The number of ether oxygens (including phenoxy) is 2. The molecule has 1 heterocycles. The van der Waals surface area contributed by atoms with Crippen molar-refractivity contribution < 1.29 is 28.8 Å². The molecule has 0 radical (unpaired) electrons. The number of hydrogen-bond acceptors (Lipinski definition) is 5. The molecule has 2 aromatic rings. The van der Waals surface area contributed by atoms with Gasteiger partial charge in [0.05, 0.1) is 40.9 Å². The Bertz CT molecular complexity index is 958. The zero-order valence-electron chi connectivity index (χ0n) is 18.4. The van der Waals surface area contributed by atoms with Crippen LogP contribution in [0.5, 0.6) is 11.5 Å². The summed E-state index contributed by atoms with van der Waals surface area (Å²) in [5.74, 6) is -1.71. The van der Waals surface area contributed by atoms with Gasteiger partial charge in [-0.1, -0.05) is 30.3 Å². The van der Waals surface area contributed by atoms with E-state index in [9.17, 15) is 14.4 Å². The fourth-order valence-electron chi connectivity index (χ4n) is 4.02. The van der Waals surface area contributed by atoms with Crippen LogP contribution in [0.4, 0.5) is 0 Å². The first kappa shape index (κ1) is 22.5. The summed E-state index contributed by atoms with van der Waals surface area (Å²) in [4.78, 5) is 42.2. The Morgan fingerprint density at radius 3 is 2.35 bits per heavy atom. The third-order valence-electron chi connectivity index (χ3n) is 5.58. The van der Waals surface area contributed by atoms with Crippen molar-refractivity contribution in [3.63, 3.8) is 0 Å². The molecule has 0 aliphatic carbocycles. The van der Waals surface area contributed by atoms with E-state index in [0.717, 1.165) is 6.54 Å². The van der Waals surface area contributed by atoms with Gasteiger partial charge >= 0.3 is 0 Å². The molecule has 31 heavy (non-hydrogen) atoms. The van der Waals surface area contributed by atoms with E-state index in [0.29, 0.717) is 35.6 Å². The van der Waals surface area contributed by atoms with Gasteiger partial charge in [-0.2, -0.15) is 0 Å². The van der Waals surface area contributed by atoms with Gasteiger partial charge in [0.25, 0.3) is 5.91 Å². The highest BCUT2D eigenvalue weighted by molar-refractivity contribution is 6.44. The molecule has 2 aromatic carbocycles. The lowest BCUT2D eigenvalue weighted by atomic mass is 9.86. The van der Waals surface area contributed by atoms with Crippen LogP contribution >= 0.6 is 0 Å². The molecule has 1 saturated heterocycles. The Balaban J connectivity index is 2.07. The van der Waals surface area contributed by atoms with Gasteiger partial charge in [0.1, 0.15) is 17.4 Å². The van der Waals surface area contributed by atoms with E-state index in [1.165, 1.54) is 16.9 Å². The molecule has 7 nitrogen and oxygen atoms in total. The molecule has 1 aliphatic rings. The molecule has 1 N–H and O–H groups in total. The number of carbonyl (C=O) groups is 3. The molecule has 0 aromatic heterocycles. The topological polar surface area (TPSA) is 77.4 Å². The van der Waals surface area contributed by atoms with Crippen molar-refractivity contribution in [2.24, 2.45) is 5.92 Å². The van der Waals surface area contributed by atoms with Crippen molar-refractivity contribution in [1.29, 1.82) is 0 Å². The van der Waals surface area contributed by atoms with Gasteiger partial charge in [-0.3, -0.25) is 14.4 Å². The maximum Gasteiger partial charge on any atom is 0.291 e. The molecule has 164 valence electrons.